The summed E-state index contributed by atoms with van der Waals surface area (Å²) in [6, 6.07) is 11.1. The quantitative estimate of drug-likeness (QED) is 0.846. The highest BCUT2D eigenvalue weighted by Crippen LogP contribution is 2.39. The summed E-state index contributed by atoms with van der Waals surface area (Å²) in [7, 11) is 0. The molecule has 0 bridgehead atoms. The molecule has 0 aromatic heterocycles. The van der Waals surface area contributed by atoms with Gasteiger partial charge in [-0.3, -0.25) is 4.79 Å². The molecule has 0 saturated heterocycles. The fourth-order valence-corrected chi connectivity index (χ4v) is 2.88. The van der Waals surface area contributed by atoms with Crippen LogP contribution in [0.4, 0.5) is 0 Å². The molecular weight excluding hydrogens is 260 g/mol. The maximum absolute atomic E-state index is 11.9. The van der Waals surface area contributed by atoms with Gasteiger partial charge in [-0.15, -0.1) is 0 Å². The molecule has 1 aromatic carbocycles. The van der Waals surface area contributed by atoms with E-state index in [1.165, 1.54) is 0 Å². The Morgan fingerprint density at radius 1 is 1.21 bits per heavy atom. The topological polar surface area (TPSA) is 64.7 Å². The predicted octanol–water partition coefficient (Wildman–Crippen LogP) is 3.46. The summed E-state index contributed by atoms with van der Waals surface area (Å²) in [4.78, 5) is 11.9. The number of halogens is 1. The van der Waals surface area contributed by atoms with Gasteiger partial charge in [-0.05, 0) is 30.5 Å². The highest BCUT2D eigenvalue weighted by atomic mass is 35.5. The van der Waals surface area contributed by atoms with Crippen molar-refractivity contribution < 1.29 is 4.79 Å². The largest absolute Gasteiger partial charge is 0.299 e. The summed E-state index contributed by atoms with van der Waals surface area (Å²) in [5, 5.41) is 18.9. The van der Waals surface area contributed by atoms with E-state index in [0.29, 0.717) is 11.4 Å². The Morgan fingerprint density at radius 2 is 1.84 bits per heavy atom. The van der Waals surface area contributed by atoms with Crippen LogP contribution in [0.5, 0.6) is 0 Å². The Hall–Kier alpha value is -1.84. The molecule has 1 saturated carbocycles. The molecule has 1 aromatic rings. The number of nitrogens with zero attached hydrogens (tertiary/aromatic N) is 2. The van der Waals surface area contributed by atoms with E-state index in [1.807, 2.05) is 12.1 Å². The van der Waals surface area contributed by atoms with Crippen LogP contribution in [0.15, 0.2) is 24.3 Å². The van der Waals surface area contributed by atoms with Gasteiger partial charge in [-0.2, -0.15) is 10.5 Å². The van der Waals surface area contributed by atoms with E-state index in [1.54, 1.807) is 24.3 Å². The van der Waals surface area contributed by atoms with E-state index in [0.717, 1.165) is 18.4 Å². The molecule has 4 heteroatoms. The number of nitriles is 2. The van der Waals surface area contributed by atoms with E-state index < -0.39 is 5.92 Å². The molecule has 0 heterocycles. The van der Waals surface area contributed by atoms with Gasteiger partial charge in [0.1, 0.15) is 11.7 Å². The molecule has 0 N–H and O–H groups in total. The maximum Gasteiger partial charge on any atom is 0.140 e. The first-order valence-electron chi connectivity index (χ1n) is 6.24. The number of hydrogen-bond acceptors (Lipinski definition) is 3. The summed E-state index contributed by atoms with van der Waals surface area (Å²) < 4.78 is 0. The third-order valence-corrected chi connectivity index (χ3v) is 3.93. The molecule has 0 radical (unpaired) electrons. The van der Waals surface area contributed by atoms with Gasteiger partial charge in [0.2, 0.25) is 0 Å². The number of Topliss-reactive ketones (excluding diaryl/α,β-unsaturated/α-hetero) is 1. The van der Waals surface area contributed by atoms with Gasteiger partial charge >= 0.3 is 0 Å². The standard InChI is InChI=1S/C15H13ClN2O/c16-12-6-4-10(5-7-12)15(11(8-17)9-18)13-2-1-3-14(13)19/h4-7,11,13,15H,1-3H2. The number of carbonyl (C=O) groups is 1. The van der Waals surface area contributed by atoms with Gasteiger partial charge < -0.3 is 0 Å². The van der Waals surface area contributed by atoms with Crippen molar-refractivity contribution in [2.24, 2.45) is 11.8 Å². The first-order chi connectivity index (χ1) is 9.17. The van der Waals surface area contributed by atoms with Crippen molar-refractivity contribution in [1.29, 1.82) is 10.5 Å². The lowest BCUT2D eigenvalue weighted by atomic mass is 9.76. The Kier molecular flexibility index (Phi) is 4.20. The molecule has 19 heavy (non-hydrogen) atoms. The van der Waals surface area contributed by atoms with Gasteiger partial charge in [0.15, 0.2) is 0 Å². The van der Waals surface area contributed by atoms with E-state index in [4.69, 9.17) is 22.1 Å². The molecule has 96 valence electrons. The minimum Gasteiger partial charge on any atom is -0.299 e. The number of rotatable bonds is 3. The van der Waals surface area contributed by atoms with Crippen molar-refractivity contribution in [2.45, 2.75) is 25.2 Å². The SMILES string of the molecule is N#CC(C#N)C(c1ccc(Cl)cc1)C1CCCC1=O. The van der Waals surface area contributed by atoms with Crippen molar-refractivity contribution in [2.75, 3.05) is 0 Å². The van der Waals surface area contributed by atoms with Crippen molar-refractivity contribution in [3.8, 4) is 12.1 Å². The zero-order chi connectivity index (χ0) is 13.8. The maximum atomic E-state index is 11.9. The van der Waals surface area contributed by atoms with Crippen LogP contribution in [0, 0.1) is 34.5 Å². The summed E-state index contributed by atoms with van der Waals surface area (Å²) >= 11 is 5.86. The average molecular weight is 273 g/mol. The lowest BCUT2D eigenvalue weighted by molar-refractivity contribution is -0.121. The molecule has 0 aliphatic heterocycles. The third-order valence-electron chi connectivity index (χ3n) is 3.68. The van der Waals surface area contributed by atoms with E-state index >= 15 is 0 Å². The Bertz CT molecular complexity index is 539. The summed E-state index contributed by atoms with van der Waals surface area (Å²) in [5.41, 5.74) is 0.845. The monoisotopic (exact) mass is 272 g/mol. The van der Waals surface area contributed by atoms with Gasteiger partial charge in [0, 0.05) is 23.3 Å². The molecular formula is C15H13ClN2O. The van der Waals surface area contributed by atoms with E-state index in [9.17, 15) is 4.79 Å². The second kappa shape index (κ2) is 5.87. The van der Waals surface area contributed by atoms with Gasteiger partial charge in [0.05, 0.1) is 12.1 Å². The van der Waals surface area contributed by atoms with Crippen LogP contribution >= 0.6 is 11.6 Å². The van der Waals surface area contributed by atoms with Crippen LogP contribution in [0.25, 0.3) is 0 Å². The zero-order valence-corrected chi connectivity index (χ0v) is 11.1. The minimum absolute atomic E-state index is 0.162. The first kappa shape index (κ1) is 13.6. The molecule has 2 rings (SSSR count). The number of carbonyl (C=O) groups excluding carboxylic acids is 1. The molecule has 1 aliphatic carbocycles. The van der Waals surface area contributed by atoms with Crippen molar-refractivity contribution in [3.63, 3.8) is 0 Å². The molecule has 2 atom stereocenters. The lowest BCUT2D eigenvalue weighted by Gasteiger charge is -2.23. The van der Waals surface area contributed by atoms with Crippen LogP contribution in [0.3, 0.4) is 0 Å². The Morgan fingerprint density at radius 3 is 2.32 bits per heavy atom. The van der Waals surface area contributed by atoms with E-state index in [-0.39, 0.29) is 17.6 Å². The highest BCUT2D eigenvalue weighted by molar-refractivity contribution is 6.30. The number of hydrogen-bond donors (Lipinski definition) is 0. The molecule has 1 fully saturated rings. The average Bonchev–Trinajstić information content (AvgIpc) is 2.83. The van der Waals surface area contributed by atoms with Crippen molar-refractivity contribution >= 4 is 17.4 Å². The lowest BCUT2D eigenvalue weighted by Crippen LogP contribution is -2.23. The predicted molar refractivity (Wildman–Crippen MR) is 71.3 cm³/mol. The summed E-state index contributed by atoms with van der Waals surface area (Å²) in [6.07, 6.45) is 2.15. The van der Waals surface area contributed by atoms with Crippen LogP contribution in [-0.4, -0.2) is 5.78 Å². The summed E-state index contributed by atoms with van der Waals surface area (Å²) in [5.74, 6) is -1.20. The fourth-order valence-electron chi connectivity index (χ4n) is 2.75. The van der Waals surface area contributed by atoms with E-state index in [2.05, 4.69) is 0 Å². The van der Waals surface area contributed by atoms with Crippen LogP contribution < -0.4 is 0 Å². The Balaban J connectivity index is 2.40. The molecule has 0 amide bonds. The summed E-state index contributed by atoms with van der Waals surface area (Å²) in [6.45, 7) is 0. The molecule has 2 unspecified atom stereocenters. The Labute approximate surface area is 117 Å². The normalized spacial score (nSPS) is 20.0. The second-order valence-electron chi connectivity index (χ2n) is 4.78. The van der Waals surface area contributed by atoms with Crippen LogP contribution in [0.1, 0.15) is 30.7 Å². The molecule has 1 aliphatic rings. The molecule has 3 nitrogen and oxygen atoms in total. The minimum atomic E-state index is -0.798. The van der Waals surface area contributed by atoms with Gasteiger partial charge in [0.25, 0.3) is 0 Å². The second-order valence-corrected chi connectivity index (χ2v) is 5.21. The van der Waals surface area contributed by atoms with Crippen molar-refractivity contribution in [3.05, 3.63) is 34.9 Å². The van der Waals surface area contributed by atoms with Gasteiger partial charge in [-0.1, -0.05) is 23.7 Å². The highest BCUT2D eigenvalue weighted by Gasteiger charge is 2.38. The number of benzene rings is 1. The zero-order valence-electron chi connectivity index (χ0n) is 10.3. The first-order valence-corrected chi connectivity index (χ1v) is 6.62. The molecule has 0 spiro atoms. The smallest absolute Gasteiger partial charge is 0.140 e. The third kappa shape index (κ3) is 2.78. The number of ketones is 1. The van der Waals surface area contributed by atoms with Crippen LogP contribution in [-0.2, 0) is 4.79 Å². The van der Waals surface area contributed by atoms with Crippen LogP contribution in [0.2, 0.25) is 5.02 Å². The fraction of sp³-hybridized carbons (Fsp3) is 0.400. The van der Waals surface area contributed by atoms with Gasteiger partial charge in [-0.25, -0.2) is 0 Å². The van der Waals surface area contributed by atoms with Crippen molar-refractivity contribution in [1.82, 2.24) is 0 Å².